The van der Waals surface area contributed by atoms with E-state index in [9.17, 15) is 5.11 Å². The lowest BCUT2D eigenvalue weighted by molar-refractivity contribution is 0.0204. The van der Waals surface area contributed by atoms with E-state index in [-0.39, 0.29) is 6.10 Å². The van der Waals surface area contributed by atoms with E-state index in [0.29, 0.717) is 0 Å². The molecule has 0 aromatic heterocycles. The molecule has 0 unspecified atom stereocenters. The molecule has 0 amide bonds. The molecule has 0 bridgehead atoms. The number of aliphatic hydroxyl groups is 1. The van der Waals surface area contributed by atoms with E-state index in [4.69, 9.17) is 4.74 Å². The van der Waals surface area contributed by atoms with Gasteiger partial charge in [-0.25, -0.2) is 0 Å². The lowest BCUT2D eigenvalue weighted by Crippen LogP contribution is -2.24. The first-order chi connectivity index (χ1) is 8.60. The minimum absolute atomic E-state index is 0.170. The molecule has 1 aliphatic carbocycles. The number of hydrogen-bond acceptors (Lipinski definition) is 2. The molecule has 1 aromatic carbocycles. The van der Waals surface area contributed by atoms with Gasteiger partial charge in [0.05, 0.1) is 11.7 Å². The molecule has 1 saturated carbocycles. The molecule has 0 atom stereocenters. The standard InChI is InChI=1S/C16H24O2/c1-13(2)18-15-9-7-8-14(12-15)16(17)10-5-3-4-6-11-16/h7-9,12-13,17H,3-6,10-11H2,1-2H3. The van der Waals surface area contributed by atoms with Gasteiger partial charge in [-0.1, -0.05) is 37.8 Å². The largest absolute Gasteiger partial charge is 0.491 e. The van der Waals surface area contributed by atoms with Crippen LogP contribution < -0.4 is 4.74 Å². The summed E-state index contributed by atoms with van der Waals surface area (Å²) in [6, 6.07) is 7.98. The van der Waals surface area contributed by atoms with E-state index in [2.05, 4.69) is 0 Å². The molecule has 0 heterocycles. The van der Waals surface area contributed by atoms with Crippen LogP contribution in [0.25, 0.3) is 0 Å². The maximum atomic E-state index is 10.8. The van der Waals surface area contributed by atoms with Gasteiger partial charge in [0.15, 0.2) is 0 Å². The lowest BCUT2D eigenvalue weighted by Gasteiger charge is -2.27. The summed E-state index contributed by atoms with van der Waals surface area (Å²) in [5.74, 6) is 0.861. The second kappa shape index (κ2) is 5.75. The molecule has 1 aliphatic rings. The van der Waals surface area contributed by atoms with Gasteiger partial charge >= 0.3 is 0 Å². The van der Waals surface area contributed by atoms with Crippen LogP contribution in [0.2, 0.25) is 0 Å². The predicted molar refractivity (Wildman–Crippen MR) is 73.8 cm³/mol. The number of rotatable bonds is 3. The summed E-state index contributed by atoms with van der Waals surface area (Å²) in [5, 5.41) is 10.8. The molecule has 2 heteroatoms. The van der Waals surface area contributed by atoms with Gasteiger partial charge in [-0.2, -0.15) is 0 Å². The summed E-state index contributed by atoms with van der Waals surface area (Å²) in [5.41, 5.74) is 0.370. The van der Waals surface area contributed by atoms with Crippen LogP contribution in [-0.4, -0.2) is 11.2 Å². The third-order valence-corrected chi connectivity index (χ3v) is 3.67. The van der Waals surface area contributed by atoms with Gasteiger partial charge in [-0.05, 0) is 44.4 Å². The van der Waals surface area contributed by atoms with Crippen LogP contribution in [0, 0.1) is 0 Å². The fraction of sp³-hybridized carbons (Fsp3) is 0.625. The molecule has 1 aromatic rings. The Morgan fingerprint density at radius 2 is 1.78 bits per heavy atom. The zero-order chi connectivity index (χ0) is 13.0. The highest BCUT2D eigenvalue weighted by Gasteiger charge is 2.30. The first-order valence-electron chi connectivity index (χ1n) is 7.10. The molecule has 2 rings (SSSR count). The molecule has 0 aliphatic heterocycles. The van der Waals surface area contributed by atoms with Gasteiger partial charge in [-0.15, -0.1) is 0 Å². The van der Waals surface area contributed by atoms with Crippen LogP contribution in [0.3, 0.4) is 0 Å². The van der Waals surface area contributed by atoms with Crippen LogP contribution in [0.5, 0.6) is 5.75 Å². The van der Waals surface area contributed by atoms with Gasteiger partial charge in [0.2, 0.25) is 0 Å². The highest BCUT2D eigenvalue weighted by Crippen LogP contribution is 2.37. The Labute approximate surface area is 110 Å². The molecule has 0 radical (unpaired) electrons. The van der Waals surface area contributed by atoms with E-state index < -0.39 is 5.60 Å². The third kappa shape index (κ3) is 3.26. The molecule has 100 valence electrons. The Morgan fingerprint density at radius 3 is 2.39 bits per heavy atom. The topological polar surface area (TPSA) is 29.5 Å². The van der Waals surface area contributed by atoms with E-state index in [0.717, 1.165) is 37.0 Å². The quantitative estimate of drug-likeness (QED) is 0.819. The normalized spacial score (nSPS) is 19.6. The summed E-state index contributed by atoms with van der Waals surface area (Å²) in [6.07, 6.45) is 6.63. The van der Waals surface area contributed by atoms with Crippen LogP contribution in [0.4, 0.5) is 0 Å². The maximum absolute atomic E-state index is 10.8. The Kier molecular flexibility index (Phi) is 4.28. The average molecular weight is 248 g/mol. The summed E-state index contributed by atoms with van der Waals surface area (Å²) in [4.78, 5) is 0. The molecule has 2 nitrogen and oxygen atoms in total. The average Bonchev–Trinajstić information content (AvgIpc) is 2.55. The van der Waals surface area contributed by atoms with Gasteiger partial charge in [0, 0.05) is 0 Å². The molecular formula is C16H24O2. The number of benzene rings is 1. The first kappa shape index (κ1) is 13.4. The summed E-state index contributed by atoms with van der Waals surface area (Å²) in [7, 11) is 0. The van der Waals surface area contributed by atoms with Crippen molar-refractivity contribution in [2.45, 2.75) is 64.1 Å². The summed E-state index contributed by atoms with van der Waals surface area (Å²) < 4.78 is 5.71. The van der Waals surface area contributed by atoms with Crippen molar-refractivity contribution in [3.8, 4) is 5.75 Å². The minimum atomic E-state index is -0.646. The minimum Gasteiger partial charge on any atom is -0.491 e. The zero-order valence-corrected chi connectivity index (χ0v) is 11.5. The van der Waals surface area contributed by atoms with Crippen molar-refractivity contribution in [2.24, 2.45) is 0 Å². The number of ether oxygens (including phenoxy) is 1. The Balaban J connectivity index is 2.20. The van der Waals surface area contributed by atoms with Gasteiger partial charge in [0.1, 0.15) is 5.75 Å². The Bertz CT molecular complexity index is 376. The van der Waals surface area contributed by atoms with Crippen LogP contribution >= 0.6 is 0 Å². The zero-order valence-electron chi connectivity index (χ0n) is 11.5. The van der Waals surface area contributed by atoms with E-state index in [1.165, 1.54) is 12.8 Å². The predicted octanol–water partition coefficient (Wildman–Crippen LogP) is 4.02. The second-order valence-electron chi connectivity index (χ2n) is 5.64. The van der Waals surface area contributed by atoms with Crippen molar-refractivity contribution in [1.29, 1.82) is 0 Å². The molecular weight excluding hydrogens is 224 g/mol. The van der Waals surface area contributed by atoms with Crippen molar-refractivity contribution in [3.63, 3.8) is 0 Å². The van der Waals surface area contributed by atoms with Crippen molar-refractivity contribution >= 4 is 0 Å². The van der Waals surface area contributed by atoms with Crippen molar-refractivity contribution in [2.75, 3.05) is 0 Å². The van der Waals surface area contributed by atoms with Crippen LogP contribution in [-0.2, 0) is 5.60 Å². The molecule has 0 saturated heterocycles. The molecule has 0 spiro atoms. The van der Waals surface area contributed by atoms with Gasteiger partial charge in [-0.3, -0.25) is 0 Å². The van der Waals surface area contributed by atoms with Crippen molar-refractivity contribution < 1.29 is 9.84 Å². The van der Waals surface area contributed by atoms with E-state index >= 15 is 0 Å². The molecule has 1 N–H and O–H groups in total. The highest BCUT2D eigenvalue weighted by atomic mass is 16.5. The Morgan fingerprint density at radius 1 is 1.11 bits per heavy atom. The summed E-state index contributed by atoms with van der Waals surface area (Å²) >= 11 is 0. The highest BCUT2D eigenvalue weighted by molar-refractivity contribution is 5.32. The molecule has 1 fully saturated rings. The fourth-order valence-electron chi connectivity index (χ4n) is 2.73. The Hall–Kier alpha value is -1.02. The third-order valence-electron chi connectivity index (χ3n) is 3.67. The van der Waals surface area contributed by atoms with Crippen LogP contribution in [0.15, 0.2) is 24.3 Å². The monoisotopic (exact) mass is 248 g/mol. The van der Waals surface area contributed by atoms with Crippen LogP contribution in [0.1, 0.15) is 57.9 Å². The number of hydrogen-bond donors (Lipinski definition) is 1. The molecule has 18 heavy (non-hydrogen) atoms. The maximum Gasteiger partial charge on any atom is 0.120 e. The lowest BCUT2D eigenvalue weighted by atomic mass is 9.86. The smallest absolute Gasteiger partial charge is 0.120 e. The first-order valence-corrected chi connectivity index (χ1v) is 7.10. The van der Waals surface area contributed by atoms with Crippen molar-refractivity contribution in [3.05, 3.63) is 29.8 Å². The van der Waals surface area contributed by atoms with Gasteiger partial charge in [0.25, 0.3) is 0 Å². The van der Waals surface area contributed by atoms with E-state index in [1.807, 2.05) is 38.1 Å². The summed E-state index contributed by atoms with van der Waals surface area (Å²) in [6.45, 7) is 4.04. The SMILES string of the molecule is CC(C)Oc1cccc(C2(O)CCCCCC2)c1. The van der Waals surface area contributed by atoms with Gasteiger partial charge < -0.3 is 9.84 Å². The second-order valence-corrected chi connectivity index (χ2v) is 5.64. The fourth-order valence-corrected chi connectivity index (χ4v) is 2.73. The van der Waals surface area contributed by atoms with Crippen molar-refractivity contribution in [1.82, 2.24) is 0 Å². The van der Waals surface area contributed by atoms with E-state index in [1.54, 1.807) is 0 Å².